The van der Waals surface area contributed by atoms with E-state index in [9.17, 15) is 9.59 Å². The van der Waals surface area contributed by atoms with Crippen molar-refractivity contribution >= 4 is 33.3 Å². The Balaban J connectivity index is 2.08. The highest BCUT2D eigenvalue weighted by molar-refractivity contribution is 7.21. The molecule has 3 aromatic rings. The Labute approximate surface area is 137 Å². The summed E-state index contributed by atoms with van der Waals surface area (Å²) in [5.74, 6) is -0.414. The van der Waals surface area contributed by atoms with Crippen LogP contribution in [0.3, 0.4) is 0 Å². The summed E-state index contributed by atoms with van der Waals surface area (Å²) in [7, 11) is 1.35. The molecule has 0 bridgehead atoms. The molecule has 116 valence electrons. The second-order valence-corrected chi connectivity index (χ2v) is 6.06. The third-order valence-corrected chi connectivity index (χ3v) is 4.63. The lowest BCUT2D eigenvalue weighted by molar-refractivity contribution is 0.0589. The number of hydrogen-bond acceptors (Lipinski definition) is 4. The number of ketones is 1. The number of methoxy groups -OCH3 is 1. The van der Waals surface area contributed by atoms with Crippen molar-refractivity contribution in [2.45, 2.75) is 6.54 Å². The van der Waals surface area contributed by atoms with Gasteiger partial charge in [0.15, 0.2) is 0 Å². The van der Waals surface area contributed by atoms with Crippen molar-refractivity contribution in [3.63, 3.8) is 0 Å². The fraction of sp³-hybridized carbons (Fsp3) is 0.111. The van der Waals surface area contributed by atoms with Gasteiger partial charge in [-0.1, -0.05) is 36.4 Å². The van der Waals surface area contributed by atoms with Gasteiger partial charge in [-0.3, -0.25) is 4.79 Å². The maximum absolute atomic E-state index is 12.5. The fourth-order valence-electron chi connectivity index (χ4n) is 2.48. The maximum atomic E-state index is 12.5. The minimum Gasteiger partial charge on any atom is -0.464 e. The predicted molar refractivity (Wildman–Crippen MR) is 91.2 cm³/mol. The Hall–Kier alpha value is -2.66. The van der Waals surface area contributed by atoms with Crippen LogP contribution < -0.4 is 0 Å². The number of fused-ring (bicyclic) bond motifs is 1. The van der Waals surface area contributed by atoms with E-state index in [0.29, 0.717) is 22.7 Å². The van der Waals surface area contributed by atoms with Crippen molar-refractivity contribution in [2.75, 3.05) is 7.11 Å². The average molecular weight is 325 g/mol. The standard InChI is InChI=1S/C18H15NO3S/c1-3-9-19-13-10-16(17(20)12-7-5-4-6-8-12)23-15(13)11-14(19)18(21)22-2/h3-8,10-11H,1,9H2,2H3. The van der Waals surface area contributed by atoms with Gasteiger partial charge in [0.05, 0.1) is 22.2 Å². The van der Waals surface area contributed by atoms with Crippen LogP contribution in [0, 0.1) is 0 Å². The molecule has 2 aromatic heterocycles. The number of rotatable bonds is 5. The van der Waals surface area contributed by atoms with Crippen molar-refractivity contribution in [1.82, 2.24) is 4.57 Å². The third kappa shape index (κ3) is 2.71. The largest absolute Gasteiger partial charge is 0.464 e. The van der Waals surface area contributed by atoms with E-state index < -0.39 is 5.97 Å². The second-order valence-electron chi connectivity index (χ2n) is 4.98. The number of aromatic nitrogens is 1. The second kappa shape index (κ2) is 6.22. The van der Waals surface area contributed by atoms with E-state index in [-0.39, 0.29) is 5.78 Å². The number of ether oxygens (including phenoxy) is 1. The van der Waals surface area contributed by atoms with Gasteiger partial charge in [-0.15, -0.1) is 17.9 Å². The van der Waals surface area contributed by atoms with Crippen LogP contribution in [0.25, 0.3) is 10.2 Å². The van der Waals surface area contributed by atoms with Crippen molar-refractivity contribution in [3.8, 4) is 0 Å². The van der Waals surface area contributed by atoms with E-state index in [4.69, 9.17) is 4.74 Å². The van der Waals surface area contributed by atoms with Crippen molar-refractivity contribution in [3.05, 3.63) is 71.3 Å². The number of esters is 1. The Morgan fingerprint density at radius 3 is 2.65 bits per heavy atom. The van der Waals surface area contributed by atoms with Gasteiger partial charge in [-0.05, 0) is 12.1 Å². The molecule has 0 aliphatic carbocycles. The number of nitrogens with zero attached hydrogens (tertiary/aromatic N) is 1. The molecule has 4 nitrogen and oxygen atoms in total. The smallest absolute Gasteiger partial charge is 0.354 e. The first-order valence-corrected chi connectivity index (χ1v) is 7.89. The molecule has 0 fully saturated rings. The van der Waals surface area contributed by atoms with Crippen LogP contribution in [0.15, 0.2) is 55.1 Å². The number of carbonyl (C=O) groups excluding carboxylic acids is 2. The SMILES string of the molecule is C=CCn1c(C(=O)OC)cc2sc(C(=O)c3ccccc3)cc21. The molecule has 0 radical (unpaired) electrons. The zero-order chi connectivity index (χ0) is 16.4. The highest BCUT2D eigenvalue weighted by Gasteiger charge is 2.20. The van der Waals surface area contributed by atoms with Crippen molar-refractivity contribution in [2.24, 2.45) is 0 Å². The molecule has 0 atom stereocenters. The van der Waals surface area contributed by atoms with Gasteiger partial charge < -0.3 is 9.30 Å². The van der Waals surface area contributed by atoms with Crippen molar-refractivity contribution in [1.29, 1.82) is 0 Å². The van der Waals surface area contributed by atoms with Crippen LogP contribution in [0.1, 0.15) is 25.7 Å². The summed E-state index contributed by atoms with van der Waals surface area (Å²) in [6.07, 6.45) is 1.71. The van der Waals surface area contributed by atoms with Crippen molar-refractivity contribution < 1.29 is 14.3 Å². The first-order chi connectivity index (χ1) is 11.2. The molecular weight excluding hydrogens is 310 g/mol. The summed E-state index contributed by atoms with van der Waals surface area (Å²) < 4.78 is 7.51. The lowest BCUT2D eigenvalue weighted by atomic mass is 10.1. The molecule has 0 aliphatic heterocycles. The molecule has 0 unspecified atom stereocenters. The number of benzene rings is 1. The molecule has 0 aliphatic rings. The first kappa shape index (κ1) is 15.2. The normalized spacial score (nSPS) is 10.7. The number of allylic oxidation sites excluding steroid dienone is 1. The summed E-state index contributed by atoms with van der Waals surface area (Å²) in [4.78, 5) is 25.1. The van der Waals surface area contributed by atoms with E-state index >= 15 is 0 Å². The molecule has 0 amide bonds. The molecule has 0 saturated carbocycles. The minimum absolute atomic E-state index is 0.0171. The first-order valence-electron chi connectivity index (χ1n) is 7.07. The topological polar surface area (TPSA) is 48.3 Å². The minimum atomic E-state index is -0.397. The van der Waals surface area contributed by atoms with Crippen LogP contribution in [-0.2, 0) is 11.3 Å². The third-order valence-electron chi connectivity index (χ3n) is 3.56. The molecular formula is C18H15NO3S. The van der Waals surface area contributed by atoms with Crippen LogP contribution >= 0.6 is 11.3 Å². The van der Waals surface area contributed by atoms with Crippen LogP contribution in [0.4, 0.5) is 0 Å². The summed E-state index contributed by atoms with van der Waals surface area (Å²) in [5, 5.41) is 0. The molecule has 23 heavy (non-hydrogen) atoms. The molecule has 5 heteroatoms. The number of hydrogen-bond donors (Lipinski definition) is 0. The van der Waals surface area contributed by atoms with Crippen LogP contribution in [0.5, 0.6) is 0 Å². The summed E-state index contributed by atoms with van der Waals surface area (Å²) in [6, 6.07) is 12.7. The van der Waals surface area contributed by atoms with E-state index in [0.717, 1.165) is 10.2 Å². The number of thiophene rings is 1. The summed E-state index contributed by atoms with van der Waals surface area (Å²) in [6.45, 7) is 4.20. The van der Waals surface area contributed by atoms with Crippen LogP contribution in [0.2, 0.25) is 0 Å². The lowest BCUT2D eigenvalue weighted by Gasteiger charge is -2.05. The predicted octanol–water partition coefficient (Wildman–Crippen LogP) is 3.91. The highest BCUT2D eigenvalue weighted by Crippen LogP contribution is 2.31. The zero-order valence-corrected chi connectivity index (χ0v) is 13.4. The van der Waals surface area contributed by atoms with E-state index in [1.807, 2.05) is 28.8 Å². The molecule has 1 aromatic carbocycles. The van der Waals surface area contributed by atoms with Crippen LogP contribution in [-0.4, -0.2) is 23.4 Å². The van der Waals surface area contributed by atoms with E-state index in [2.05, 4.69) is 6.58 Å². The Bertz CT molecular complexity index is 890. The molecule has 2 heterocycles. The Kier molecular flexibility index (Phi) is 4.12. The quantitative estimate of drug-likeness (QED) is 0.406. The lowest BCUT2D eigenvalue weighted by Crippen LogP contribution is -2.09. The summed E-state index contributed by atoms with van der Waals surface area (Å²) >= 11 is 1.38. The van der Waals surface area contributed by atoms with Gasteiger partial charge in [0.1, 0.15) is 5.69 Å². The monoisotopic (exact) mass is 325 g/mol. The Morgan fingerprint density at radius 1 is 1.26 bits per heavy atom. The van der Waals surface area contributed by atoms with Gasteiger partial charge in [-0.2, -0.15) is 0 Å². The summed E-state index contributed by atoms with van der Waals surface area (Å²) in [5.41, 5.74) is 1.96. The fourth-order valence-corrected chi connectivity index (χ4v) is 3.55. The Morgan fingerprint density at radius 2 is 2.00 bits per heavy atom. The van der Waals surface area contributed by atoms with Gasteiger partial charge in [0.25, 0.3) is 0 Å². The molecule has 0 saturated heterocycles. The van der Waals surface area contributed by atoms with Gasteiger partial charge in [0.2, 0.25) is 5.78 Å². The zero-order valence-electron chi connectivity index (χ0n) is 12.6. The molecule has 3 rings (SSSR count). The van der Waals surface area contributed by atoms with Gasteiger partial charge >= 0.3 is 5.97 Å². The van der Waals surface area contributed by atoms with Gasteiger partial charge in [-0.25, -0.2) is 4.79 Å². The number of carbonyl (C=O) groups is 2. The van der Waals surface area contributed by atoms with E-state index in [1.165, 1.54) is 18.4 Å². The molecule has 0 spiro atoms. The maximum Gasteiger partial charge on any atom is 0.354 e. The highest BCUT2D eigenvalue weighted by atomic mass is 32.1. The average Bonchev–Trinajstić information content (AvgIpc) is 3.14. The molecule has 0 N–H and O–H groups in total. The van der Waals surface area contributed by atoms with E-state index in [1.54, 1.807) is 24.3 Å². The van der Waals surface area contributed by atoms with Gasteiger partial charge in [0, 0.05) is 12.1 Å².